The second kappa shape index (κ2) is 9.53. The fraction of sp³-hybridized carbons (Fsp3) is 0.345. The summed E-state index contributed by atoms with van der Waals surface area (Å²) in [6.45, 7) is 10.5. The minimum atomic E-state index is -0.0382. The van der Waals surface area contributed by atoms with Crippen LogP contribution in [0.2, 0.25) is 0 Å². The number of aryl methyl sites for hydroxylation is 2. The maximum absolute atomic E-state index is 13.1. The van der Waals surface area contributed by atoms with Crippen molar-refractivity contribution in [1.29, 1.82) is 0 Å². The lowest BCUT2D eigenvalue weighted by molar-refractivity contribution is 0.168. The number of benzene rings is 2. The number of allylic oxidation sites excluding steroid dienone is 1. The number of aromatic nitrogens is 2. The van der Waals surface area contributed by atoms with E-state index >= 15 is 0 Å². The Morgan fingerprint density at radius 1 is 1.00 bits per heavy atom. The average molecular weight is 468 g/mol. The van der Waals surface area contributed by atoms with Crippen LogP contribution in [0.5, 0.6) is 0 Å². The average Bonchev–Trinajstić information content (AvgIpc) is 3.29. The minimum absolute atomic E-state index is 0.0142. The van der Waals surface area contributed by atoms with Gasteiger partial charge in [-0.1, -0.05) is 59.7 Å². The molecule has 0 saturated carbocycles. The van der Waals surface area contributed by atoms with Gasteiger partial charge in [0.2, 0.25) is 0 Å². The number of hydrogen-bond donors (Lipinski definition) is 1. The van der Waals surface area contributed by atoms with Crippen LogP contribution in [0.3, 0.4) is 0 Å². The number of amides is 2. The number of fused-ring (bicyclic) bond motifs is 1. The lowest BCUT2D eigenvalue weighted by Gasteiger charge is -2.41. The third-order valence-electron chi connectivity index (χ3n) is 7.15. The lowest BCUT2D eigenvalue weighted by atomic mass is 10.0. The van der Waals surface area contributed by atoms with Gasteiger partial charge in [0.1, 0.15) is 12.1 Å². The van der Waals surface area contributed by atoms with Gasteiger partial charge in [0, 0.05) is 37.7 Å². The van der Waals surface area contributed by atoms with E-state index in [4.69, 9.17) is 0 Å². The molecule has 6 heteroatoms. The molecule has 0 spiro atoms. The van der Waals surface area contributed by atoms with Crippen LogP contribution in [0.15, 0.2) is 54.9 Å². The second-order valence-electron chi connectivity index (χ2n) is 9.84. The summed E-state index contributed by atoms with van der Waals surface area (Å²) in [5.74, 6) is 0.969. The van der Waals surface area contributed by atoms with Crippen molar-refractivity contribution in [3.05, 3.63) is 88.4 Å². The highest BCUT2D eigenvalue weighted by Gasteiger charge is 2.31. The molecule has 0 unspecified atom stereocenters. The van der Waals surface area contributed by atoms with Gasteiger partial charge in [-0.05, 0) is 50.5 Å². The molecule has 1 N–H and O–H groups in total. The van der Waals surface area contributed by atoms with Crippen molar-refractivity contribution in [1.82, 2.24) is 20.2 Å². The van der Waals surface area contributed by atoms with E-state index in [9.17, 15) is 4.79 Å². The molecule has 2 aliphatic rings. The summed E-state index contributed by atoms with van der Waals surface area (Å²) in [4.78, 5) is 26.6. The fourth-order valence-electron chi connectivity index (χ4n) is 4.98. The largest absolute Gasteiger partial charge is 0.352 e. The molecule has 180 valence electrons. The summed E-state index contributed by atoms with van der Waals surface area (Å²) < 4.78 is 0. The fourth-order valence-corrected chi connectivity index (χ4v) is 4.98. The minimum Gasteiger partial charge on any atom is -0.352 e. The first-order valence-electron chi connectivity index (χ1n) is 12.4. The smallest absolute Gasteiger partial charge is 0.318 e. The predicted molar refractivity (Wildman–Crippen MR) is 141 cm³/mol. The van der Waals surface area contributed by atoms with Crippen LogP contribution >= 0.6 is 0 Å². The summed E-state index contributed by atoms with van der Waals surface area (Å²) in [6.07, 6.45) is 4.73. The highest BCUT2D eigenvalue weighted by Crippen LogP contribution is 2.35. The van der Waals surface area contributed by atoms with Crippen molar-refractivity contribution in [3.8, 4) is 0 Å². The van der Waals surface area contributed by atoms with Crippen LogP contribution in [0.25, 0.3) is 11.6 Å². The molecule has 6 nitrogen and oxygen atoms in total. The first-order valence-corrected chi connectivity index (χ1v) is 12.4. The standard InChI is InChI=1S/C29H33N5O/c1-19-5-9-23(10-6-19)22(4)32-29(35)34-14-13-33(17-21(34)3)28-26-15-25(16-27(26)30-18-31-28)24-11-7-20(2)8-12-24/h5-12,15,18,21-22H,13-14,16-17H2,1-4H3,(H,32,35)/t21-,22+/m1/s1. The van der Waals surface area contributed by atoms with Gasteiger partial charge < -0.3 is 15.1 Å². The van der Waals surface area contributed by atoms with Crippen molar-refractivity contribution < 1.29 is 4.79 Å². The molecule has 2 atom stereocenters. The van der Waals surface area contributed by atoms with Crippen LogP contribution < -0.4 is 10.2 Å². The van der Waals surface area contributed by atoms with Crippen molar-refractivity contribution in [2.45, 2.75) is 46.2 Å². The molecule has 1 aliphatic carbocycles. The Bertz CT molecular complexity index is 1250. The normalized spacial score (nSPS) is 18.2. The Balaban J connectivity index is 1.27. The van der Waals surface area contributed by atoms with Gasteiger partial charge >= 0.3 is 6.03 Å². The quantitative estimate of drug-likeness (QED) is 0.575. The molecule has 3 aromatic rings. The predicted octanol–water partition coefficient (Wildman–Crippen LogP) is 5.17. The van der Waals surface area contributed by atoms with Gasteiger partial charge in [0.15, 0.2) is 0 Å². The van der Waals surface area contributed by atoms with Crippen molar-refractivity contribution in [2.24, 2.45) is 0 Å². The van der Waals surface area contributed by atoms with Crippen LogP contribution in [0, 0.1) is 13.8 Å². The van der Waals surface area contributed by atoms with E-state index in [1.165, 1.54) is 22.3 Å². The number of carbonyl (C=O) groups excluding carboxylic acids is 1. The van der Waals surface area contributed by atoms with Gasteiger partial charge in [0.25, 0.3) is 0 Å². The zero-order valence-corrected chi connectivity index (χ0v) is 21.0. The molecular formula is C29H33N5O. The van der Waals surface area contributed by atoms with Crippen LogP contribution in [0.4, 0.5) is 10.6 Å². The number of piperazine rings is 1. The molecule has 1 aromatic heterocycles. The van der Waals surface area contributed by atoms with E-state index in [1.807, 2.05) is 11.8 Å². The molecule has 2 heterocycles. The molecule has 2 aromatic carbocycles. The number of hydrogen-bond acceptors (Lipinski definition) is 4. The number of urea groups is 1. The van der Waals surface area contributed by atoms with Crippen LogP contribution in [0.1, 0.15) is 53.4 Å². The maximum Gasteiger partial charge on any atom is 0.318 e. The number of nitrogens with one attached hydrogen (secondary N) is 1. The summed E-state index contributed by atoms with van der Waals surface area (Å²) in [7, 11) is 0. The lowest BCUT2D eigenvalue weighted by Crippen LogP contribution is -2.57. The number of nitrogens with zero attached hydrogens (tertiary/aromatic N) is 4. The van der Waals surface area contributed by atoms with E-state index in [0.717, 1.165) is 42.1 Å². The van der Waals surface area contributed by atoms with Crippen molar-refractivity contribution in [3.63, 3.8) is 0 Å². The zero-order chi connectivity index (χ0) is 24.5. The highest BCUT2D eigenvalue weighted by atomic mass is 16.2. The van der Waals surface area contributed by atoms with Gasteiger partial charge in [-0.25, -0.2) is 14.8 Å². The van der Waals surface area contributed by atoms with Gasteiger partial charge in [-0.2, -0.15) is 0 Å². The third kappa shape index (κ3) is 4.78. The number of anilines is 1. The van der Waals surface area contributed by atoms with Gasteiger partial charge in [-0.15, -0.1) is 0 Å². The molecule has 1 aliphatic heterocycles. The molecule has 0 bridgehead atoms. The first-order chi connectivity index (χ1) is 16.9. The van der Waals surface area contributed by atoms with E-state index in [0.29, 0.717) is 6.54 Å². The first kappa shape index (κ1) is 23.1. The van der Waals surface area contributed by atoms with E-state index < -0.39 is 0 Å². The van der Waals surface area contributed by atoms with Crippen molar-refractivity contribution in [2.75, 3.05) is 24.5 Å². The summed E-state index contributed by atoms with van der Waals surface area (Å²) >= 11 is 0. The summed E-state index contributed by atoms with van der Waals surface area (Å²) in [6, 6.07) is 17.0. The Labute approximate surface area is 207 Å². The third-order valence-corrected chi connectivity index (χ3v) is 7.15. The Morgan fingerprint density at radius 3 is 2.37 bits per heavy atom. The van der Waals surface area contributed by atoms with Crippen LogP contribution in [-0.4, -0.2) is 46.6 Å². The highest BCUT2D eigenvalue weighted by molar-refractivity contribution is 5.91. The van der Waals surface area contributed by atoms with E-state index in [2.05, 4.69) is 95.6 Å². The van der Waals surface area contributed by atoms with Gasteiger partial charge in [-0.3, -0.25) is 0 Å². The summed E-state index contributed by atoms with van der Waals surface area (Å²) in [5.41, 5.74) is 8.29. The van der Waals surface area contributed by atoms with Crippen LogP contribution in [-0.2, 0) is 6.42 Å². The summed E-state index contributed by atoms with van der Waals surface area (Å²) in [5, 5.41) is 3.17. The Hall–Kier alpha value is -3.67. The monoisotopic (exact) mass is 467 g/mol. The van der Waals surface area contributed by atoms with Gasteiger partial charge in [0.05, 0.1) is 11.7 Å². The topological polar surface area (TPSA) is 61.4 Å². The molecule has 1 saturated heterocycles. The van der Waals surface area contributed by atoms with E-state index in [1.54, 1.807) is 6.33 Å². The van der Waals surface area contributed by atoms with E-state index in [-0.39, 0.29) is 18.1 Å². The SMILES string of the molecule is Cc1ccc(C2=Cc3c(ncnc3N3CCN(C(=O)N[C@@H](C)c4ccc(C)cc4)[C@H](C)C3)C2)cc1. The second-order valence-corrected chi connectivity index (χ2v) is 9.84. The number of carbonyl (C=O) groups is 1. The van der Waals surface area contributed by atoms with Crippen molar-refractivity contribution >= 4 is 23.5 Å². The Kier molecular flexibility index (Phi) is 6.29. The molecule has 35 heavy (non-hydrogen) atoms. The molecule has 2 amide bonds. The zero-order valence-electron chi connectivity index (χ0n) is 21.0. The molecule has 0 radical (unpaired) electrons. The maximum atomic E-state index is 13.1. The molecule has 5 rings (SSSR count). The molecular weight excluding hydrogens is 434 g/mol. The molecule has 1 fully saturated rings. The number of rotatable bonds is 4. The Morgan fingerprint density at radius 2 is 1.69 bits per heavy atom.